The van der Waals surface area contributed by atoms with Crippen LogP contribution >= 0.6 is 11.3 Å². The molecule has 0 spiro atoms. The molecule has 19 heavy (non-hydrogen) atoms. The molecule has 2 heterocycles. The maximum Gasteiger partial charge on any atom is 0.0328 e. The van der Waals surface area contributed by atoms with Gasteiger partial charge in [-0.3, -0.25) is 4.90 Å². The van der Waals surface area contributed by atoms with E-state index in [1.165, 1.54) is 48.5 Å². The first-order valence-corrected chi connectivity index (χ1v) is 8.64. The van der Waals surface area contributed by atoms with Crippen LogP contribution in [0.2, 0.25) is 0 Å². The molecule has 108 valence electrons. The molecule has 0 amide bonds. The van der Waals surface area contributed by atoms with Gasteiger partial charge in [0.25, 0.3) is 0 Å². The summed E-state index contributed by atoms with van der Waals surface area (Å²) in [5.41, 5.74) is 0. The second kappa shape index (κ2) is 8.03. The van der Waals surface area contributed by atoms with Crippen molar-refractivity contribution in [2.75, 3.05) is 19.6 Å². The molecule has 1 fully saturated rings. The van der Waals surface area contributed by atoms with E-state index in [0.717, 1.165) is 25.6 Å². The lowest BCUT2D eigenvalue weighted by molar-refractivity contribution is 0.176. The molecular formula is C16H28N2S. The highest BCUT2D eigenvalue weighted by Gasteiger charge is 2.18. The Morgan fingerprint density at radius 2 is 1.95 bits per heavy atom. The van der Waals surface area contributed by atoms with Crippen LogP contribution in [0.4, 0.5) is 0 Å². The Balaban J connectivity index is 1.74. The zero-order chi connectivity index (χ0) is 13.5. The molecule has 0 atom stereocenters. The van der Waals surface area contributed by atoms with Gasteiger partial charge in [-0.15, -0.1) is 11.3 Å². The molecule has 0 aliphatic carbocycles. The third-order valence-corrected chi connectivity index (χ3v) is 5.18. The molecule has 2 rings (SSSR count). The monoisotopic (exact) mass is 280 g/mol. The van der Waals surface area contributed by atoms with Crippen molar-refractivity contribution in [3.8, 4) is 0 Å². The lowest BCUT2D eigenvalue weighted by Crippen LogP contribution is -2.32. The zero-order valence-corrected chi connectivity index (χ0v) is 13.3. The molecular weight excluding hydrogens is 252 g/mol. The third kappa shape index (κ3) is 4.90. The molecule has 1 aromatic heterocycles. The number of hydrogen-bond donors (Lipinski definition) is 1. The van der Waals surface area contributed by atoms with Crippen LogP contribution in [-0.2, 0) is 13.1 Å². The molecule has 0 saturated carbocycles. The second-order valence-corrected chi connectivity index (χ2v) is 6.93. The van der Waals surface area contributed by atoms with Gasteiger partial charge in [-0.2, -0.15) is 0 Å². The van der Waals surface area contributed by atoms with Crippen molar-refractivity contribution in [3.63, 3.8) is 0 Å². The van der Waals surface area contributed by atoms with Gasteiger partial charge in [-0.1, -0.05) is 20.3 Å². The predicted molar refractivity (Wildman–Crippen MR) is 84.6 cm³/mol. The standard InChI is InChI=1S/C16H28N2S/c1-3-9-17-12-15-5-6-16(19-15)13-18-10-7-14(4-2)8-11-18/h5-6,14,17H,3-4,7-13H2,1-2H3. The van der Waals surface area contributed by atoms with E-state index in [4.69, 9.17) is 0 Å². The summed E-state index contributed by atoms with van der Waals surface area (Å²) in [5, 5.41) is 3.48. The van der Waals surface area contributed by atoms with Crippen molar-refractivity contribution < 1.29 is 0 Å². The SMILES string of the molecule is CCCNCc1ccc(CN2CCC(CC)CC2)s1. The van der Waals surface area contributed by atoms with Gasteiger partial charge in [-0.25, -0.2) is 0 Å². The summed E-state index contributed by atoms with van der Waals surface area (Å²) in [4.78, 5) is 5.64. The molecule has 1 saturated heterocycles. The number of hydrogen-bond acceptors (Lipinski definition) is 3. The molecule has 1 aliphatic heterocycles. The van der Waals surface area contributed by atoms with Crippen LogP contribution in [0.15, 0.2) is 12.1 Å². The van der Waals surface area contributed by atoms with E-state index >= 15 is 0 Å². The van der Waals surface area contributed by atoms with E-state index in [-0.39, 0.29) is 0 Å². The van der Waals surface area contributed by atoms with E-state index < -0.39 is 0 Å². The lowest BCUT2D eigenvalue weighted by atomic mass is 9.94. The molecule has 0 unspecified atom stereocenters. The van der Waals surface area contributed by atoms with Gasteiger partial charge in [0.2, 0.25) is 0 Å². The Morgan fingerprint density at radius 1 is 1.21 bits per heavy atom. The van der Waals surface area contributed by atoms with Crippen molar-refractivity contribution >= 4 is 11.3 Å². The van der Waals surface area contributed by atoms with Crippen molar-refractivity contribution in [3.05, 3.63) is 21.9 Å². The molecule has 1 aliphatic rings. The number of thiophene rings is 1. The highest BCUT2D eigenvalue weighted by molar-refractivity contribution is 7.11. The Morgan fingerprint density at radius 3 is 2.63 bits per heavy atom. The van der Waals surface area contributed by atoms with Crippen LogP contribution in [0, 0.1) is 5.92 Å². The Bertz CT molecular complexity index is 353. The smallest absolute Gasteiger partial charge is 0.0328 e. The number of rotatable bonds is 7. The Labute approximate surface area is 122 Å². The first-order valence-electron chi connectivity index (χ1n) is 7.82. The van der Waals surface area contributed by atoms with Crippen LogP contribution in [0.1, 0.15) is 49.3 Å². The Hall–Kier alpha value is -0.380. The van der Waals surface area contributed by atoms with Gasteiger partial charge in [0.15, 0.2) is 0 Å². The topological polar surface area (TPSA) is 15.3 Å². The van der Waals surface area contributed by atoms with E-state index in [1.54, 1.807) is 0 Å². The largest absolute Gasteiger partial charge is 0.312 e. The summed E-state index contributed by atoms with van der Waals surface area (Å²) in [6.45, 7) is 10.4. The summed E-state index contributed by atoms with van der Waals surface area (Å²) in [6, 6.07) is 4.61. The van der Waals surface area contributed by atoms with E-state index in [1.807, 2.05) is 11.3 Å². The fourth-order valence-corrected chi connectivity index (χ4v) is 3.79. The first-order chi connectivity index (χ1) is 9.31. The highest BCUT2D eigenvalue weighted by atomic mass is 32.1. The van der Waals surface area contributed by atoms with Crippen LogP contribution in [-0.4, -0.2) is 24.5 Å². The van der Waals surface area contributed by atoms with Crippen LogP contribution in [0.3, 0.4) is 0 Å². The minimum absolute atomic E-state index is 0.980. The summed E-state index contributed by atoms with van der Waals surface area (Å²) < 4.78 is 0. The normalized spacial score (nSPS) is 18.0. The highest BCUT2D eigenvalue weighted by Crippen LogP contribution is 2.24. The average Bonchev–Trinajstić information content (AvgIpc) is 2.88. The van der Waals surface area contributed by atoms with Gasteiger partial charge in [0.05, 0.1) is 0 Å². The van der Waals surface area contributed by atoms with Crippen LogP contribution in [0.25, 0.3) is 0 Å². The van der Waals surface area contributed by atoms with E-state index in [0.29, 0.717) is 0 Å². The molecule has 1 aromatic rings. The minimum atomic E-state index is 0.980. The number of piperidine rings is 1. The number of likely N-dealkylation sites (tertiary alicyclic amines) is 1. The minimum Gasteiger partial charge on any atom is -0.312 e. The van der Waals surface area contributed by atoms with Crippen molar-refractivity contribution in [2.45, 2.75) is 52.6 Å². The van der Waals surface area contributed by atoms with Gasteiger partial charge >= 0.3 is 0 Å². The average molecular weight is 280 g/mol. The summed E-state index contributed by atoms with van der Waals surface area (Å²) in [7, 11) is 0. The number of nitrogens with one attached hydrogen (secondary N) is 1. The summed E-state index contributed by atoms with van der Waals surface area (Å²) >= 11 is 1.98. The van der Waals surface area contributed by atoms with Crippen molar-refractivity contribution in [1.82, 2.24) is 10.2 Å². The van der Waals surface area contributed by atoms with Crippen LogP contribution < -0.4 is 5.32 Å². The summed E-state index contributed by atoms with van der Waals surface area (Å²) in [6.07, 6.45) is 5.37. The lowest BCUT2D eigenvalue weighted by Gasteiger charge is -2.31. The quantitative estimate of drug-likeness (QED) is 0.763. The van der Waals surface area contributed by atoms with Gasteiger partial charge < -0.3 is 5.32 Å². The van der Waals surface area contributed by atoms with Crippen molar-refractivity contribution in [1.29, 1.82) is 0 Å². The summed E-state index contributed by atoms with van der Waals surface area (Å²) in [5.74, 6) is 0.980. The first kappa shape index (κ1) is 15.0. The van der Waals surface area contributed by atoms with Crippen LogP contribution in [0.5, 0.6) is 0 Å². The maximum absolute atomic E-state index is 3.48. The van der Waals surface area contributed by atoms with Gasteiger partial charge in [0, 0.05) is 22.8 Å². The molecule has 0 aromatic carbocycles. The molecule has 0 bridgehead atoms. The molecule has 1 N–H and O–H groups in total. The maximum atomic E-state index is 3.48. The number of nitrogens with zero attached hydrogens (tertiary/aromatic N) is 1. The molecule has 0 radical (unpaired) electrons. The fraction of sp³-hybridized carbons (Fsp3) is 0.750. The Kier molecular flexibility index (Phi) is 6.35. The molecule has 2 nitrogen and oxygen atoms in total. The van der Waals surface area contributed by atoms with E-state index in [9.17, 15) is 0 Å². The zero-order valence-electron chi connectivity index (χ0n) is 12.5. The van der Waals surface area contributed by atoms with Crippen molar-refractivity contribution in [2.24, 2.45) is 5.92 Å². The fourth-order valence-electron chi connectivity index (χ4n) is 2.76. The third-order valence-electron chi connectivity index (χ3n) is 4.11. The van der Waals surface area contributed by atoms with E-state index in [2.05, 4.69) is 36.2 Å². The van der Waals surface area contributed by atoms with Gasteiger partial charge in [-0.05, 0) is 56.9 Å². The predicted octanol–water partition coefficient (Wildman–Crippen LogP) is 3.87. The van der Waals surface area contributed by atoms with Gasteiger partial charge in [0.1, 0.15) is 0 Å². The molecule has 3 heteroatoms. The second-order valence-electron chi connectivity index (χ2n) is 5.67.